The van der Waals surface area contributed by atoms with Crippen LogP contribution in [0.15, 0.2) is 0 Å². The second-order valence-electron chi connectivity index (χ2n) is 3.48. The van der Waals surface area contributed by atoms with Crippen molar-refractivity contribution in [2.24, 2.45) is 5.73 Å². The number of alkyl halides is 3. The molecule has 90 valence electrons. The molecule has 1 atom stereocenters. The van der Waals surface area contributed by atoms with E-state index in [4.69, 9.17) is 5.73 Å². The van der Waals surface area contributed by atoms with Gasteiger partial charge in [0.25, 0.3) is 0 Å². The lowest BCUT2D eigenvalue weighted by Gasteiger charge is -2.34. The van der Waals surface area contributed by atoms with Crippen molar-refractivity contribution in [3.05, 3.63) is 0 Å². The summed E-state index contributed by atoms with van der Waals surface area (Å²) in [6.07, 6.45) is -4.39. The van der Waals surface area contributed by atoms with E-state index >= 15 is 0 Å². The molecule has 1 saturated heterocycles. The zero-order valence-electron chi connectivity index (χ0n) is 8.00. The second kappa shape index (κ2) is 4.26. The summed E-state index contributed by atoms with van der Waals surface area (Å²) >= 11 is 0. The number of rotatable bonds is 2. The highest BCUT2D eigenvalue weighted by atomic mass is 32.2. The molecule has 1 unspecified atom stereocenters. The number of hydrogen-bond acceptors (Lipinski definition) is 4. The normalized spacial score (nSPS) is 25.1. The van der Waals surface area contributed by atoms with Crippen LogP contribution in [0.3, 0.4) is 0 Å². The molecule has 1 fully saturated rings. The van der Waals surface area contributed by atoms with E-state index in [-0.39, 0.29) is 24.6 Å². The van der Waals surface area contributed by atoms with Crippen LogP contribution < -0.4 is 5.73 Å². The van der Waals surface area contributed by atoms with Crippen LogP contribution in [0.4, 0.5) is 13.2 Å². The van der Waals surface area contributed by atoms with Crippen molar-refractivity contribution < 1.29 is 21.6 Å². The molecule has 0 aromatic rings. The Morgan fingerprint density at radius 1 is 1.27 bits per heavy atom. The fourth-order valence-corrected chi connectivity index (χ4v) is 2.76. The van der Waals surface area contributed by atoms with Crippen molar-refractivity contribution in [2.45, 2.75) is 12.2 Å². The van der Waals surface area contributed by atoms with Gasteiger partial charge < -0.3 is 5.73 Å². The third kappa shape index (κ3) is 3.32. The van der Waals surface area contributed by atoms with E-state index in [2.05, 4.69) is 0 Å². The molecule has 2 N–H and O–H groups in total. The first-order chi connectivity index (χ1) is 6.76. The predicted molar refractivity (Wildman–Crippen MR) is 49.1 cm³/mol. The summed E-state index contributed by atoms with van der Waals surface area (Å²) in [4.78, 5) is 1.08. The molecule has 1 aliphatic rings. The van der Waals surface area contributed by atoms with E-state index in [1.165, 1.54) is 0 Å². The molecule has 0 spiro atoms. The van der Waals surface area contributed by atoms with Crippen LogP contribution in [0.2, 0.25) is 0 Å². The van der Waals surface area contributed by atoms with E-state index in [0.717, 1.165) is 4.90 Å². The number of nitrogens with zero attached hydrogens (tertiary/aromatic N) is 1. The van der Waals surface area contributed by atoms with E-state index in [9.17, 15) is 21.6 Å². The second-order valence-corrected chi connectivity index (χ2v) is 5.78. The van der Waals surface area contributed by atoms with Gasteiger partial charge in [-0.2, -0.15) is 13.2 Å². The SMILES string of the molecule is NCC(N1CCS(=O)(=O)CC1)C(F)(F)F. The lowest BCUT2D eigenvalue weighted by molar-refractivity contribution is -0.180. The fraction of sp³-hybridized carbons (Fsp3) is 1.00. The summed E-state index contributed by atoms with van der Waals surface area (Å²) in [5.41, 5.74) is 5.05. The summed E-state index contributed by atoms with van der Waals surface area (Å²) in [5.74, 6) is -0.445. The first-order valence-corrected chi connectivity index (χ1v) is 6.29. The molecule has 1 heterocycles. The molecule has 0 radical (unpaired) electrons. The summed E-state index contributed by atoms with van der Waals surface area (Å²) in [6, 6.07) is -1.73. The van der Waals surface area contributed by atoms with Gasteiger partial charge in [0.2, 0.25) is 0 Å². The minimum absolute atomic E-state index is 0.0935. The van der Waals surface area contributed by atoms with Crippen molar-refractivity contribution in [3.63, 3.8) is 0 Å². The minimum Gasteiger partial charge on any atom is -0.329 e. The van der Waals surface area contributed by atoms with Crippen LogP contribution in [0.5, 0.6) is 0 Å². The van der Waals surface area contributed by atoms with Gasteiger partial charge >= 0.3 is 6.18 Å². The first-order valence-electron chi connectivity index (χ1n) is 4.47. The number of halogens is 3. The molecule has 0 aromatic heterocycles. The van der Waals surface area contributed by atoms with Crippen molar-refractivity contribution >= 4 is 9.84 Å². The van der Waals surface area contributed by atoms with Crippen LogP contribution in [0.25, 0.3) is 0 Å². The fourth-order valence-electron chi connectivity index (χ4n) is 1.53. The summed E-state index contributed by atoms with van der Waals surface area (Å²) in [7, 11) is -3.15. The first kappa shape index (κ1) is 12.7. The topological polar surface area (TPSA) is 63.4 Å². The van der Waals surface area contributed by atoms with Gasteiger partial charge in [-0.25, -0.2) is 8.42 Å². The quantitative estimate of drug-likeness (QED) is 0.720. The highest BCUT2D eigenvalue weighted by molar-refractivity contribution is 7.91. The van der Waals surface area contributed by atoms with Gasteiger partial charge in [0, 0.05) is 19.6 Å². The van der Waals surface area contributed by atoms with Crippen molar-refractivity contribution in [1.29, 1.82) is 0 Å². The maximum Gasteiger partial charge on any atom is 0.405 e. The van der Waals surface area contributed by atoms with Crippen LogP contribution in [0.1, 0.15) is 0 Å². The van der Waals surface area contributed by atoms with Crippen molar-refractivity contribution in [2.75, 3.05) is 31.1 Å². The Hall–Kier alpha value is -0.340. The van der Waals surface area contributed by atoms with Gasteiger partial charge in [0.15, 0.2) is 9.84 Å². The van der Waals surface area contributed by atoms with Gasteiger partial charge in [-0.15, -0.1) is 0 Å². The number of sulfone groups is 1. The smallest absolute Gasteiger partial charge is 0.329 e. The maximum absolute atomic E-state index is 12.4. The monoisotopic (exact) mass is 246 g/mol. The molecule has 1 rings (SSSR count). The molecule has 0 saturated carbocycles. The molecule has 1 aliphatic heterocycles. The predicted octanol–water partition coefficient (Wildman–Crippen LogP) is -0.394. The van der Waals surface area contributed by atoms with Gasteiger partial charge in [-0.05, 0) is 0 Å². The van der Waals surface area contributed by atoms with Gasteiger partial charge in [0.05, 0.1) is 11.5 Å². The lowest BCUT2D eigenvalue weighted by atomic mass is 10.2. The van der Waals surface area contributed by atoms with Crippen LogP contribution >= 0.6 is 0 Å². The zero-order chi connectivity index (χ0) is 11.7. The Morgan fingerprint density at radius 3 is 2.07 bits per heavy atom. The number of hydrogen-bond donors (Lipinski definition) is 1. The van der Waals surface area contributed by atoms with E-state index in [1.807, 2.05) is 0 Å². The standard InChI is InChI=1S/C7H13F3N2O2S/c8-7(9,10)6(5-11)12-1-3-15(13,14)4-2-12/h6H,1-5,11H2. The van der Waals surface area contributed by atoms with Gasteiger partial charge in [0.1, 0.15) is 6.04 Å². The number of nitrogens with two attached hydrogens (primary N) is 1. The molecule has 0 aromatic carbocycles. The van der Waals surface area contributed by atoms with E-state index in [1.54, 1.807) is 0 Å². The van der Waals surface area contributed by atoms with Crippen LogP contribution in [0, 0.1) is 0 Å². The average Bonchev–Trinajstić information content (AvgIpc) is 2.06. The summed E-state index contributed by atoms with van der Waals surface area (Å²) in [6.45, 7) is -0.725. The van der Waals surface area contributed by atoms with Gasteiger partial charge in [-0.1, -0.05) is 0 Å². The average molecular weight is 246 g/mol. The molecule has 8 heteroatoms. The third-order valence-electron chi connectivity index (χ3n) is 2.42. The van der Waals surface area contributed by atoms with Crippen LogP contribution in [-0.4, -0.2) is 56.7 Å². The van der Waals surface area contributed by atoms with E-state index < -0.39 is 28.6 Å². The third-order valence-corrected chi connectivity index (χ3v) is 4.03. The Balaban J connectivity index is 2.66. The Labute approximate surface area is 86.1 Å². The lowest BCUT2D eigenvalue weighted by Crippen LogP contribution is -2.55. The Morgan fingerprint density at radius 2 is 1.73 bits per heavy atom. The Kier molecular flexibility index (Phi) is 3.62. The zero-order valence-corrected chi connectivity index (χ0v) is 8.81. The largest absolute Gasteiger partial charge is 0.405 e. The molecular formula is C7H13F3N2O2S. The van der Waals surface area contributed by atoms with Gasteiger partial charge in [-0.3, -0.25) is 4.90 Å². The highest BCUT2D eigenvalue weighted by Crippen LogP contribution is 2.25. The summed E-state index contributed by atoms with van der Waals surface area (Å²) < 4.78 is 59.3. The van der Waals surface area contributed by atoms with Crippen molar-refractivity contribution in [1.82, 2.24) is 4.90 Å². The molecule has 15 heavy (non-hydrogen) atoms. The Bertz CT molecular complexity index is 301. The maximum atomic E-state index is 12.4. The summed E-state index contributed by atoms with van der Waals surface area (Å²) in [5, 5.41) is 0. The van der Waals surface area contributed by atoms with E-state index in [0.29, 0.717) is 0 Å². The molecule has 0 bridgehead atoms. The molecular weight excluding hydrogens is 233 g/mol. The molecule has 4 nitrogen and oxygen atoms in total. The molecule has 0 amide bonds. The highest BCUT2D eigenvalue weighted by Gasteiger charge is 2.43. The minimum atomic E-state index is -4.39. The molecule has 0 aliphatic carbocycles. The van der Waals surface area contributed by atoms with Crippen molar-refractivity contribution in [3.8, 4) is 0 Å². The van der Waals surface area contributed by atoms with Crippen LogP contribution in [-0.2, 0) is 9.84 Å².